The molecule has 3 nitrogen and oxygen atoms in total. The molecule has 0 aliphatic heterocycles. The van der Waals surface area contributed by atoms with Crippen LogP contribution in [0.3, 0.4) is 0 Å². The number of hydrogen-bond acceptors (Lipinski definition) is 3. The van der Waals surface area contributed by atoms with Crippen LogP contribution >= 0.6 is 43.5 Å². The van der Waals surface area contributed by atoms with Crippen molar-refractivity contribution in [1.29, 1.82) is 0 Å². The van der Waals surface area contributed by atoms with Gasteiger partial charge in [0.05, 0.1) is 11.1 Å². The molecule has 0 saturated heterocycles. The van der Waals surface area contributed by atoms with Gasteiger partial charge < -0.3 is 13.9 Å². The number of furan rings is 1. The molecule has 0 saturated carbocycles. The Kier molecular flexibility index (Phi) is 5.96. The summed E-state index contributed by atoms with van der Waals surface area (Å²) in [6.07, 6.45) is 0. The van der Waals surface area contributed by atoms with Crippen molar-refractivity contribution in [2.24, 2.45) is 0 Å². The molecule has 0 amide bonds. The predicted octanol–water partition coefficient (Wildman–Crippen LogP) is 5.16. The summed E-state index contributed by atoms with van der Waals surface area (Å²) in [5.41, 5.74) is 0.930. The van der Waals surface area contributed by atoms with Gasteiger partial charge in [-0.1, -0.05) is 6.07 Å². The molecule has 6 heteroatoms. The third-order valence-corrected chi connectivity index (χ3v) is 4.15. The summed E-state index contributed by atoms with van der Waals surface area (Å²) in [7, 11) is 1.64. The van der Waals surface area contributed by atoms with Crippen LogP contribution in [0.5, 0.6) is 5.75 Å². The minimum Gasteiger partial charge on any atom is -0.490 e. The highest BCUT2D eigenvalue weighted by atomic mass is 79.9. The molecular formula is C14H13Br2ClO3. The van der Waals surface area contributed by atoms with Gasteiger partial charge in [-0.15, -0.1) is 11.6 Å². The van der Waals surface area contributed by atoms with Crippen molar-refractivity contribution in [2.75, 3.05) is 20.3 Å². The number of benzene rings is 1. The fraction of sp³-hybridized carbons (Fsp3) is 0.286. The molecule has 0 radical (unpaired) electrons. The molecule has 2 aromatic rings. The van der Waals surface area contributed by atoms with Crippen molar-refractivity contribution in [3.8, 4) is 5.75 Å². The Hall–Kier alpha value is -0.490. The van der Waals surface area contributed by atoms with E-state index >= 15 is 0 Å². The van der Waals surface area contributed by atoms with Crippen LogP contribution in [0.25, 0.3) is 0 Å². The van der Waals surface area contributed by atoms with Gasteiger partial charge in [-0.2, -0.15) is 0 Å². The molecular weight excluding hydrogens is 411 g/mol. The number of alkyl halides is 1. The van der Waals surface area contributed by atoms with Crippen LogP contribution in [0.2, 0.25) is 0 Å². The van der Waals surface area contributed by atoms with E-state index in [2.05, 4.69) is 31.9 Å². The minimum atomic E-state index is -0.342. The first-order chi connectivity index (χ1) is 9.61. The lowest BCUT2D eigenvalue weighted by molar-refractivity contribution is 0.146. The molecule has 1 atom stereocenters. The summed E-state index contributed by atoms with van der Waals surface area (Å²) in [6, 6.07) is 9.39. The highest BCUT2D eigenvalue weighted by molar-refractivity contribution is 9.10. The highest BCUT2D eigenvalue weighted by Crippen LogP contribution is 2.35. The zero-order valence-corrected chi connectivity index (χ0v) is 14.7. The average Bonchev–Trinajstić information content (AvgIpc) is 2.86. The van der Waals surface area contributed by atoms with Crippen LogP contribution in [-0.2, 0) is 4.74 Å². The van der Waals surface area contributed by atoms with Gasteiger partial charge in [-0.05, 0) is 61.7 Å². The molecule has 0 aliphatic carbocycles. The third-order valence-electron chi connectivity index (χ3n) is 2.64. The van der Waals surface area contributed by atoms with Gasteiger partial charge in [0.25, 0.3) is 0 Å². The van der Waals surface area contributed by atoms with Crippen molar-refractivity contribution in [1.82, 2.24) is 0 Å². The molecule has 0 fully saturated rings. The zero-order chi connectivity index (χ0) is 14.5. The Morgan fingerprint density at radius 1 is 1.20 bits per heavy atom. The normalized spacial score (nSPS) is 12.4. The summed E-state index contributed by atoms with van der Waals surface area (Å²) in [5, 5.41) is -0.342. The molecule has 0 N–H and O–H groups in total. The van der Waals surface area contributed by atoms with Gasteiger partial charge in [0.1, 0.15) is 23.5 Å². The van der Waals surface area contributed by atoms with E-state index < -0.39 is 0 Å². The van der Waals surface area contributed by atoms with Crippen molar-refractivity contribution in [3.63, 3.8) is 0 Å². The number of rotatable bonds is 6. The third kappa shape index (κ3) is 4.01. The Labute approximate surface area is 139 Å². The molecule has 1 aromatic heterocycles. The van der Waals surface area contributed by atoms with Gasteiger partial charge in [0.2, 0.25) is 0 Å². The first kappa shape index (κ1) is 15.9. The fourth-order valence-electron chi connectivity index (χ4n) is 1.66. The van der Waals surface area contributed by atoms with E-state index in [1.54, 1.807) is 7.11 Å². The maximum Gasteiger partial charge on any atom is 0.169 e. The zero-order valence-electron chi connectivity index (χ0n) is 10.7. The first-order valence-electron chi connectivity index (χ1n) is 5.92. The van der Waals surface area contributed by atoms with Crippen LogP contribution in [-0.4, -0.2) is 20.3 Å². The maximum atomic E-state index is 6.40. The summed E-state index contributed by atoms with van der Waals surface area (Å²) in [4.78, 5) is 0. The van der Waals surface area contributed by atoms with E-state index in [1.165, 1.54) is 0 Å². The molecule has 1 aromatic carbocycles. The van der Waals surface area contributed by atoms with E-state index in [4.69, 9.17) is 25.5 Å². The van der Waals surface area contributed by atoms with E-state index in [0.29, 0.717) is 23.6 Å². The SMILES string of the molecule is COCCOc1ccc(C(Cl)c2ccc(Br)o2)cc1Br. The topological polar surface area (TPSA) is 31.6 Å². The minimum absolute atomic E-state index is 0.342. The Morgan fingerprint density at radius 3 is 2.60 bits per heavy atom. The fourth-order valence-corrected chi connectivity index (χ4v) is 2.74. The smallest absolute Gasteiger partial charge is 0.169 e. The average molecular weight is 425 g/mol. The quantitative estimate of drug-likeness (QED) is 0.474. The largest absolute Gasteiger partial charge is 0.490 e. The molecule has 1 heterocycles. The Morgan fingerprint density at radius 2 is 2.00 bits per heavy atom. The molecule has 20 heavy (non-hydrogen) atoms. The maximum absolute atomic E-state index is 6.40. The van der Waals surface area contributed by atoms with E-state index in [9.17, 15) is 0 Å². The molecule has 2 rings (SSSR count). The second kappa shape index (κ2) is 7.50. The lowest BCUT2D eigenvalue weighted by Crippen LogP contribution is -2.04. The van der Waals surface area contributed by atoms with Gasteiger partial charge in [-0.25, -0.2) is 0 Å². The number of ether oxygens (including phenoxy) is 2. The first-order valence-corrected chi connectivity index (χ1v) is 7.94. The lowest BCUT2D eigenvalue weighted by Gasteiger charge is -2.11. The van der Waals surface area contributed by atoms with Crippen LogP contribution in [0.15, 0.2) is 43.9 Å². The highest BCUT2D eigenvalue weighted by Gasteiger charge is 2.16. The molecule has 0 bridgehead atoms. The van der Waals surface area contributed by atoms with Crippen LogP contribution in [0, 0.1) is 0 Å². The van der Waals surface area contributed by atoms with Gasteiger partial charge in [0, 0.05) is 7.11 Å². The van der Waals surface area contributed by atoms with Crippen LogP contribution < -0.4 is 4.74 Å². The Balaban J connectivity index is 2.12. The van der Waals surface area contributed by atoms with Gasteiger partial charge in [0.15, 0.2) is 4.67 Å². The second-order valence-electron chi connectivity index (χ2n) is 4.04. The Bertz CT molecular complexity index is 571. The van der Waals surface area contributed by atoms with E-state index in [1.807, 2.05) is 30.3 Å². The monoisotopic (exact) mass is 422 g/mol. The van der Waals surface area contributed by atoms with Crippen LogP contribution in [0.4, 0.5) is 0 Å². The summed E-state index contributed by atoms with van der Waals surface area (Å²) in [5.74, 6) is 1.45. The molecule has 0 aliphatic rings. The predicted molar refractivity (Wildman–Crippen MR) is 85.6 cm³/mol. The number of hydrogen-bond donors (Lipinski definition) is 0. The number of methoxy groups -OCH3 is 1. The summed E-state index contributed by atoms with van der Waals surface area (Å²) >= 11 is 13.1. The lowest BCUT2D eigenvalue weighted by atomic mass is 10.1. The summed E-state index contributed by atoms with van der Waals surface area (Å²) < 4.78 is 17.5. The number of halogens is 3. The van der Waals surface area contributed by atoms with E-state index in [-0.39, 0.29) is 5.38 Å². The van der Waals surface area contributed by atoms with Crippen molar-refractivity contribution < 1.29 is 13.9 Å². The van der Waals surface area contributed by atoms with Crippen molar-refractivity contribution in [3.05, 3.63) is 50.8 Å². The van der Waals surface area contributed by atoms with Gasteiger partial charge >= 0.3 is 0 Å². The molecule has 108 valence electrons. The van der Waals surface area contributed by atoms with E-state index in [0.717, 1.165) is 15.8 Å². The van der Waals surface area contributed by atoms with Gasteiger partial charge in [-0.3, -0.25) is 0 Å². The molecule has 0 spiro atoms. The van der Waals surface area contributed by atoms with Crippen molar-refractivity contribution >= 4 is 43.5 Å². The van der Waals surface area contributed by atoms with Crippen LogP contribution in [0.1, 0.15) is 16.7 Å². The second-order valence-corrected chi connectivity index (χ2v) is 6.11. The molecule has 1 unspecified atom stereocenters. The standard InChI is InChI=1S/C14H13Br2ClO3/c1-18-6-7-19-11-3-2-9(8-10(11)15)14(17)12-4-5-13(16)20-12/h2-5,8,14H,6-7H2,1H3. The van der Waals surface area contributed by atoms with Crippen molar-refractivity contribution in [2.45, 2.75) is 5.38 Å². The summed E-state index contributed by atoms with van der Waals surface area (Å²) in [6.45, 7) is 1.05.